The smallest absolute Gasteiger partial charge is 0.407 e. The molecule has 8 rings (SSSR count). The number of carbonyl (C=O) groups excluding carboxylic acids is 3. The van der Waals surface area contributed by atoms with E-state index in [0.717, 1.165) is 71.6 Å². The third kappa shape index (κ3) is 7.07. The number of pyridine rings is 1. The molecule has 2 saturated carbocycles. The lowest BCUT2D eigenvalue weighted by Crippen LogP contribution is -2.54. The molecular formula is C43H48N8O5. The van der Waals surface area contributed by atoms with Gasteiger partial charge in [0.1, 0.15) is 23.5 Å². The molecule has 1 aliphatic heterocycles. The lowest BCUT2D eigenvalue weighted by Gasteiger charge is -2.31. The second kappa shape index (κ2) is 15.7. The monoisotopic (exact) mass is 756 g/mol. The van der Waals surface area contributed by atoms with Gasteiger partial charge >= 0.3 is 6.09 Å². The zero-order valence-corrected chi connectivity index (χ0v) is 32.1. The van der Waals surface area contributed by atoms with Crippen LogP contribution in [-0.2, 0) is 19.1 Å². The number of rotatable bonds is 11. The molecule has 2 aromatic carbocycles. The van der Waals surface area contributed by atoms with E-state index in [1.165, 1.54) is 14.2 Å². The van der Waals surface area contributed by atoms with E-state index in [-0.39, 0.29) is 29.7 Å². The number of hydrogen-bond donors (Lipinski definition) is 3. The maximum absolute atomic E-state index is 13.9. The summed E-state index contributed by atoms with van der Waals surface area (Å²) in [7, 11) is 4.60. The molecule has 2 aliphatic carbocycles. The van der Waals surface area contributed by atoms with E-state index in [4.69, 9.17) is 14.5 Å². The van der Waals surface area contributed by atoms with Gasteiger partial charge in [-0.05, 0) is 85.3 Å². The SMILES string of the molecule is COC(=O)N[C@H](C(=O)N1CCCC1c1ncc(-c2ccc(-c3ccc(-c4cnc([C@H]5C6CCC(C6)[C@@H]5C(=O)N(C)c5ccccn5)[nH]4)cc3)cc2)[nH]1)[C@@H](C)OC. The Morgan fingerprint density at radius 1 is 0.821 bits per heavy atom. The molecule has 3 aromatic heterocycles. The van der Waals surface area contributed by atoms with Gasteiger partial charge in [-0.3, -0.25) is 14.5 Å². The van der Waals surface area contributed by atoms with Crippen LogP contribution in [0, 0.1) is 17.8 Å². The summed E-state index contributed by atoms with van der Waals surface area (Å²) in [6, 6.07) is 21.3. The van der Waals surface area contributed by atoms with Crippen LogP contribution in [0.3, 0.4) is 0 Å². The molecule has 290 valence electrons. The maximum Gasteiger partial charge on any atom is 0.407 e. The number of imidazole rings is 2. The van der Waals surface area contributed by atoms with Gasteiger partial charge in [0.15, 0.2) is 0 Å². The number of alkyl carbamates (subject to hydrolysis) is 1. The summed E-state index contributed by atoms with van der Waals surface area (Å²) in [5, 5.41) is 2.63. The molecule has 13 heteroatoms. The van der Waals surface area contributed by atoms with Gasteiger partial charge in [-0.2, -0.15) is 0 Å². The van der Waals surface area contributed by atoms with Gasteiger partial charge in [0.2, 0.25) is 11.8 Å². The number of fused-ring (bicyclic) bond motifs is 2. The average Bonchev–Trinajstić information content (AvgIpc) is 4.11. The Bertz CT molecular complexity index is 2170. The fourth-order valence-electron chi connectivity index (χ4n) is 9.11. The van der Waals surface area contributed by atoms with Gasteiger partial charge in [-0.1, -0.05) is 54.6 Å². The van der Waals surface area contributed by atoms with Crippen LogP contribution in [0.1, 0.15) is 62.6 Å². The highest BCUT2D eigenvalue weighted by molar-refractivity contribution is 5.95. The van der Waals surface area contributed by atoms with Crippen LogP contribution in [0.5, 0.6) is 0 Å². The van der Waals surface area contributed by atoms with Crippen molar-refractivity contribution in [3.63, 3.8) is 0 Å². The summed E-state index contributed by atoms with van der Waals surface area (Å²) in [6.07, 6.45) is 9.04. The molecule has 7 atom stereocenters. The van der Waals surface area contributed by atoms with Crippen molar-refractivity contribution in [3.05, 3.63) is 97.0 Å². The first kappa shape index (κ1) is 37.1. The van der Waals surface area contributed by atoms with Crippen LogP contribution in [0.4, 0.5) is 10.6 Å². The summed E-state index contributed by atoms with van der Waals surface area (Å²) in [5.41, 5.74) is 5.97. The third-order valence-corrected chi connectivity index (χ3v) is 12.2. The fourth-order valence-corrected chi connectivity index (χ4v) is 9.11. The highest BCUT2D eigenvalue weighted by Crippen LogP contribution is 2.56. The molecule has 0 spiro atoms. The Labute approximate surface area is 326 Å². The second-order valence-electron chi connectivity index (χ2n) is 15.2. The van der Waals surface area contributed by atoms with Crippen molar-refractivity contribution in [1.82, 2.24) is 35.1 Å². The Balaban J connectivity index is 0.935. The van der Waals surface area contributed by atoms with Gasteiger partial charge in [0, 0.05) is 32.8 Å². The van der Waals surface area contributed by atoms with Crippen molar-refractivity contribution in [2.75, 3.05) is 32.7 Å². The number of aromatic amines is 2. The zero-order chi connectivity index (χ0) is 38.9. The minimum atomic E-state index is -0.885. The number of ether oxygens (including phenoxy) is 2. The molecule has 3 aliphatic rings. The van der Waals surface area contributed by atoms with E-state index in [2.05, 4.69) is 73.8 Å². The van der Waals surface area contributed by atoms with Crippen molar-refractivity contribution in [2.45, 2.75) is 63.1 Å². The topological polar surface area (TPSA) is 158 Å². The highest BCUT2D eigenvalue weighted by Gasteiger charge is 2.53. The van der Waals surface area contributed by atoms with E-state index in [0.29, 0.717) is 30.0 Å². The Kier molecular flexibility index (Phi) is 10.4. The van der Waals surface area contributed by atoms with Gasteiger partial charge in [0.25, 0.3) is 0 Å². The van der Waals surface area contributed by atoms with Crippen molar-refractivity contribution < 1.29 is 23.9 Å². The summed E-state index contributed by atoms with van der Waals surface area (Å²) in [4.78, 5) is 63.9. The highest BCUT2D eigenvalue weighted by atomic mass is 16.5. The van der Waals surface area contributed by atoms with Crippen molar-refractivity contribution in [1.29, 1.82) is 0 Å². The molecule has 13 nitrogen and oxygen atoms in total. The minimum Gasteiger partial charge on any atom is -0.453 e. The molecule has 3 amide bonds. The molecule has 0 radical (unpaired) electrons. The predicted molar refractivity (Wildman–Crippen MR) is 211 cm³/mol. The van der Waals surface area contributed by atoms with Crippen LogP contribution < -0.4 is 10.2 Å². The standard InChI is InChI=1S/C43H48N8O5/c1-25(55-3)38(49-43(54)56-4)42(53)51-21-7-8-34(51)39-45-23-32(47-39)28-14-10-26(11-15-28)27-12-16-29(17-13-27)33-24-46-40(48-33)36-30-18-19-31(22-30)37(36)41(52)50(2)35-9-5-6-20-44-35/h5-6,9-17,20,23-25,30-31,34,36-38H,7-8,18-19,21-22H2,1-4H3,(H,45,47)(H,46,48)(H,49,54)/t25-,30?,31?,34?,36+,37+,38+/m1/s1. The Hall–Kier alpha value is -5.82. The third-order valence-electron chi connectivity index (χ3n) is 12.2. The number of amides is 3. The molecule has 3 unspecified atom stereocenters. The van der Waals surface area contributed by atoms with Crippen molar-refractivity contribution in [2.24, 2.45) is 17.8 Å². The maximum atomic E-state index is 13.9. The lowest BCUT2D eigenvalue weighted by molar-refractivity contribution is -0.137. The molecule has 1 saturated heterocycles. The Morgan fingerprint density at radius 3 is 2.07 bits per heavy atom. The second-order valence-corrected chi connectivity index (χ2v) is 15.2. The van der Waals surface area contributed by atoms with E-state index in [1.807, 2.05) is 31.4 Å². The molecule has 4 heterocycles. The first-order valence-electron chi connectivity index (χ1n) is 19.4. The number of nitrogens with one attached hydrogen (secondary N) is 3. The number of benzene rings is 2. The van der Waals surface area contributed by atoms with E-state index >= 15 is 0 Å². The van der Waals surface area contributed by atoms with Crippen LogP contribution in [0.25, 0.3) is 33.6 Å². The van der Waals surface area contributed by atoms with Gasteiger partial charge < -0.3 is 29.7 Å². The Morgan fingerprint density at radius 2 is 1.45 bits per heavy atom. The number of H-pyrrole nitrogens is 2. The van der Waals surface area contributed by atoms with Crippen molar-refractivity contribution >= 4 is 23.7 Å². The quantitative estimate of drug-likeness (QED) is 0.134. The van der Waals surface area contributed by atoms with Gasteiger partial charge in [-0.15, -0.1) is 0 Å². The van der Waals surface area contributed by atoms with Crippen LogP contribution in [0.2, 0.25) is 0 Å². The molecule has 56 heavy (non-hydrogen) atoms. The largest absolute Gasteiger partial charge is 0.453 e. The number of carbonyl (C=O) groups is 3. The van der Waals surface area contributed by atoms with Crippen LogP contribution in [-0.4, -0.2) is 87.7 Å². The number of anilines is 1. The van der Waals surface area contributed by atoms with E-state index in [1.54, 1.807) is 29.1 Å². The lowest BCUT2D eigenvalue weighted by atomic mass is 9.78. The molecule has 2 bridgehead atoms. The molecular weight excluding hydrogens is 709 g/mol. The number of hydrogen-bond acceptors (Lipinski definition) is 8. The predicted octanol–water partition coefficient (Wildman–Crippen LogP) is 6.74. The first-order chi connectivity index (χ1) is 27.2. The molecule has 5 aromatic rings. The van der Waals surface area contributed by atoms with Crippen molar-refractivity contribution in [3.8, 4) is 33.6 Å². The first-order valence-corrected chi connectivity index (χ1v) is 19.4. The number of methoxy groups -OCH3 is 2. The molecule has 3 fully saturated rings. The normalized spacial score (nSPS) is 22.5. The summed E-state index contributed by atoms with van der Waals surface area (Å²) in [6.45, 7) is 2.30. The number of likely N-dealkylation sites (tertiary alicyclic amines) is 1. The zero-order valence-electron chi connectivity index (χ0n) is 32.1. The summed E-state index contributed by atoms with van der Waals surface area (Å²) in [5.74, 6) is 2.93. The van der Waals surface area contributed by atoms with Gasteiger partial charge in [0.05, 0.1) is 49.0 Å². The average molecular weight is 757 g/mol. The number of nitrogens with zero attached hydrogens (tertiary/aromatic N) is 5. The van der Waals surface area contributed by atoms with E-state index in [9.17, 15) is 14.4 Å². The summed E-state index contributed by atoms with van der Waals surface area (Å²) >= 11 is 0. The van der Waals surface area contributed by atoms with Crippen LogP contribution in [0.15, 0.2) is 85.3 Å². The minimum absolute atomic E-state index is 0.0666. The number of aromatic nitrogens is 5. The summed E-state index contributed by atoms with van der Waals surface area (Å²) < 4.78 is 10.2. The van der Waals surface area contributed by atoms with Crippen LogP contribution >= 0.6 is 0 Å². The van der Waals surface area contributed by atoms with Gasteiger partial charge in [-0.25, -0.2) is 19.7 Å². The van der Waals surface area contributed by atoms with E-state index < -0.39 is 18.2 Å². The molecule has 3 N–H and O–H groups in total. The fraction of sp³-hybridized carbons (Fsp3) is 0.395.